The number of aromatic nitrogens is 4. The zero-order valence-corrected chi connectivity index (χ0v) is 18.5. The largest absolute Gasteiger partial charge is 0.367 e. The Morgan fingerprint density at radius 3 is 2.69 bits per heavy atom. The molecule has 5 rings (SSSR count). The SMILES string of the molecule is [B]c1cnn2c(NC3CCN(C(=O)c4cccn4C)CC3)cc(-c3ccccc3Cl)nc12. The van der Waals surface area contributed by atoms with E-state index in [9.17, 15) is 4.79 Å². The van der Waals surface area contributed by atoms with Gasteiger partial charge in [0.15, 0.2) is 5.65 Å². The molecule has 4 aromatic rings. The summed E-state index contributed by atoms with van der Waals surface area (Å²) < 4.78 is 3.58. The van der Waals surface area contributed by atoms with Gasteiger partial charge in [0.05, 0.1) is 5.69 Å². The Balaban J connectivity index is 1.37. The van der Waals surface area contributed by atoms with Gasteiger partial charge in [0, 0.05) is 55.2 Å². The Morgan fingerprint density at radius 1 is 1.19 bits per heavy atom. The third-order valence-electron chi connectivity index (χ3n) is 5.95. The number of rotatable bonds is 4. The van der Waals surface area contributed by atoms with Crippen LogP contribution in [0.5, 0.6) is 0 Å². The fourth-order valence-electron chi connectivity index (χ4n) is 4.17. The second-order valence-electron chi connectivity index (χ2n) is 8.06. The number of benzene rings is 1. The first-order chi connectivity index (χ1) is 15.5. The fraction of sp³-hybridized carbons (Fsp3) is 0.261. The second kappa shape index (κ2) is 8.35. The Bertz CT molecular complexity index is 1290. The van der Waals surface area contributed by atoms with Gasteiger partial charge in [0.1, 0.15) is 19.4 Å². The summed E-state index contributed by atoms with van der Waals surface area (Å²) in [7, 11) is 8.01. The molecule has 3 aromatic heterocycles. The van der Waals surface area contributed by atoms with E-state index < -0.39 is 0 Å². The van der Waals surface area contributed by atoms with E-state index in [-0.39, 0.29) is 11.9 Å². The van der Waals surface area contributed by atoms with Gasteiger partial charge in [-0.25, -0.2) is 4.98 Å². The lowest BCUT2D eigenvalue weighted by molar-refractivity contribution is 0.0709. The summed E-state index contributed by atoms with van der Waals surface area (Å²) in [6.07, 6.45) is 5.16. The van der Waals surface area contributed by atoms with E-state index in [2.05, 4.69) is 15.4 Å². The zero-order chi connectivity index (χ0) is 22.2. The highest BCUT2D eigenvalue weighted by atomic mass is 35.5. The van der Waals surface area contributed by atoms with Crippen molar-refractivity contribution >= 4 is 42.3 Å². The number of likely N-dealkylation sites (tertiary alicyclic amines) is 1. The fourth-order valence-corrected chi connectivity index (χ4v) is 4.40. The van der Waals surface area contributed by atoms with Crippen molar-refractivity contribution in [3.8, 4) is 11.3 Å². The first kappa shape index (κ1) is 20.6. The molecule has 0 bridgehead atoms. The molecule has 0 aliphatic carbocycles. The van der Waals surface area contributed by atoms with Crippen LogP contribution in [0.2, 0.25) is 5.02 Å². The molecule has 1 amide bonds. The topological polar surface area (TPSA) is 67.5 Å². The van der Waals surface area contributed by atoms with Gasteiger partial charge >= 0.3 is 0 Å². The Hall–Kier alpha value is -3.26. The molecular formula is C23H22BClN6O. The van der Waals surface area contributed by atoms with Gasteiger partial charge in [-0.3, -0.25) is 4.79 Å². The van der Waals surface area contributed by atoms with Crippen LogP contribution < -0.4 is 10.8 Å². The predicted octanol–water partition coefficient (Wildman–Crippen LogP) is 2.90. The maximum atomic E-state index is 12.8. The molecule has 1 saturated heterocycles. The van der Waals surface area contributed by atoms with E-state index in [4.69, 9.17) is 19.4 Å². The van der Waals surface area contributed by atoms with Crippen LogP contribution in [0.3, 0.4) is 0 Å². The van der Waals surface area contributed by atoms with E-state index in [1.807, 2.05) is 65.2 Å². The summed E-state index contributed by atoms with van der Waals surface area (Å²) in [5, 5.41) is 8.61. The summed E-state index contributed by atoms with van der Waals surface area (Å²) in [6, 6.07) is 13.5. The van der Waals surface area contributed by atoms with Crippen molar-refractivity contribution in [1.29, 1.82) is 0 Å². The third kappa shape index (κ3) is 3.75. The van der Waals surface area contributed by atoms with Gasteiger partial charge in [-0.05, 0) is 36.5 Å². The molecule has 0 spiro atoms. The number of nitrogens with one attached hydrogen (secondary N) is 1. The van der Waals surface area contributed by atoms with Crippen molar-refractivity contribution in [3.05, 3.63) is 65.6 Å². The number of amides is 1. The van der Waals surface area contributed by atoms with Gasteiger partial charge in [-0.15, -0.1) is 0 Å². The minimum atomic E-state index is 0.0723. The van der Waals surface area contributed by atoms with Crippen LogP contribution in [0.25, 0.3) is 16.9 Å². The van der Waals surface area contributed by atoms with Crippen LogP contribution in [0, 0.1) is 0 Å². The van der Waals surface area contributed by atoms with Crippen LogP contribution in [-0.4, -0.2) is 56.9 Å². The van der Waals surface area contributed by atoms with Gasteiger partial charge in [-0.1, -0.05) is 29.8 Å². The molecule has 0 saturated carbocycles. The molecule has 9 heteroatoms. The summed E-state index contributed by atoms with van der Waals surface area (Å²) in [4.78, 5) is 19.4. The number of aryl methyl sites for hydroxylation is 1. The van der Waals surface area contributed by atoms with Crippen molar-refractivity contribution in [2.45, 2.75) is 18.9 Å². The van der Waals surface area contributed by atoms with E-state index in [1.165, 1.54) is 0 Å². The van der Waals surface area contributed by atoms with Crippen molar-refractivity contribution in [3.63, 3.8) is 0 Å². The molecule has 7 nitrogen and oxygen atoms in total. The van der Waals surface area contributed by atoms with Crippen LogP contribution >= 0.6 is 11.6 Å². The number of anilines is 1. The molecule has 1 N–H and O–H groups in total. The Morgan fingerprint density at radius 2 is 1.97 bits per heavy atom. The van der Waals surface area contributed by atoms with Gasteiger partial charge in [-0.2, -0.15) is 9.61 Å². The lowest BCUT2D eigenvalue weighted by Gasteiger charge is -2.33. The van der Waals surface area contributed by atoms with Crippen molar-refractivity contribution in [2.24, 2.45) is 7.05 Å². The average Bonchev–Trinajstić information content (AvgIpc) is 3.40. The molecule has 1 aromatic carbocycles. The number of hydrogen-bond acceptors (Lipinski definition) is 4. The summed E-state index contributed by atoms with van der Waals surface area (Å²) in [5.74, 6) is 0.872. The summed E-state index contributed by atoms with van der Waals surface area (Å²) in [5.41, 5.74) is 3.37. The highest BCUT2D eigenvalue weighted by Gasteiger charge is 2.25. The van der Waals surface area contributed by atoms with Gasteiger partial charge < -0.3 is 14.8 Å². The Labute approximate surface area is 192 Å². The van der Waals surface area contributed by atoms with Crippen molar-refractivity contribution in [2.75, 3.05) is 18.4 Å². The molecule has 1 aliphatic heterocycles. The minimum absolute atomic E-state index is 0.0723. The monoisotopic (exact) mass is 444 g/mol. The molecule has 2 radical (unpaired) electrons. The van der Waals surface area contributed by atoms with Crippen LogP contribution in [0.15, 0.2) is 54.9 Å². The molecular weight excluding hydrogens is 423 g/mol. The third-order valence-corrected chi connectivity index (χ3v) is 6.28. The number of nitrogens with zero attached hydrogens (tertiary/aromatic N) is 5. The molecule has 32 heavy (non-hydrogen) atoms. The molecule has 0 atom stereocenters. The standard InChI is InChI=1S/C23H22BClN6O/c1-29-10-4-7-20(29)23(32)30-11-8-15(9-12-30)27-21-13-19(16-5-2-3-6-18(16)25)28-22-17(24)14-26-31(21)22/h2-7,10,13-15,27H,8-9,11-12H2,1H3. The molecule has 160 valence electrons. The summed E-state index contributed by atoms with van der Waals surface area (Å²) >= 11 is 6.41. The molecule has 1 aliphatic rings. The van der Waals surface area contributed by atoms with Crippen LogP contribution in [0.1, 0.15) is 23.3 Å². The predicted molar refractivity (Wildman–Crippen MR) is 127 cm³/mol. The quantitative estimate of drug-likeness (QED) is 0.492. The molecule has 1 fully saturated rings. The first-order valence-electron chi connectivity index (χ1n) is 10.6. The number of hydrogen-bond donors (Lipinski definition) is 1. The zero-order valence-electron chi connectivity index (χ0n) is 17.7. The lowest BCUT2D eigenvalue weighted by Crippen LogP contribution is -2.43. The number of fused-ring (bicyclic) bond motifs is 1. The van der Waals surface area contributed by atoms with Crippen molar-refractivity contribution < 1.29 is 4.79 Å². The van der Waals surface area contributed by atoms with Crippen LogP contribution in [0.4, 0.5) is 5.82 Å². The number of carbonyl (C=O) groups is 1. The smallest absolute Gasteiger partial charge is 0.270 e. The second-order valence-corrected chi connectivity index (χ2v) is 8.46. The van der Waals surface area contributed by atoms with E-state index >= 15 is 0 Å². The number of carbonyl (C=O) groups excluding carboxylic acids is 1. The minimum Gasteiger partial charge on any atom is -0.367 e. The average molecular weight is 445 g/mol. The first-order valence-corrected chi connectivity index (χ1v) is 11.0. The number of halogens is 1. The highest BCUT2D eigenvalue weighted by molar-refractivity contribution is 6.36. The summed E-state index contributed by atoms with van der Waals surface area (Å²) in [6.45, 7) is 1.38. The molecule has 0 unspecified atom stereocenters. The van der Waals surface area contributed by atoms with E-state index in [0.29, 0.717) is 34.9 Å². The van der Waals surface area contributed by atoms with Gasteiger partial charge in [0.2, 0.25) is 0 Å². The normalized spacial score (nSPS) is 14.8. The highest BCUT2D eigenvalue weighted by Crippen LogP contribution is 2.29. The van der Waals surface area contributed by atoms with E-state index in [0.717, 1.165) is 29.9 Å². The number of piperidine rings is 1. The Kier molecular flexibility index (Phi) is 5.39. The van der Waals surface area contributed by atoms with Gasteiger partial charge in [0.25, 0.3) is 5.91 Å². The van der Waals surface area contributed by atoms with Crippen LogP contribution in [-0.2, 0) is 7.05 Å². The van der Waals surface area contributed by atoms with E-state index in [1.54, 1.807) is 10.7 Å². The maximum absolute atomic E-state index is 12.8. The maximum Gasteiger partial charge on any atom is 0.270 e. The van der Waals surface area contributed by atoms with Crippen molar-refractivity contribution in [1.82, 2.24) is 24.1 Å². The lowest BCUT2D eigenvalue weighted by atomic mass is 10.0. The molecule has 4 heterocycles.